The van der Waals surface area contributed by atoms with Gasteiger partial charge in [-0.25, -0.2) is 0 Å². The SMILES string of the molecule is CN(c1ccc2c(c1)C(C)(C)c1ccccc1-2)c1ccc2c(c1)C(C)(C)c1ccccc1-2. The molecule has 0 amide bonds. The van der Waals surface area contributed by atoms with Gasteiger partial charge in [0.2, 0.25) is 0 Å². The molecule has 158 valence electrons. The molecular weight excluding hydrogens is 386 g/mol. The fraction of sp³-hybridized carbons (Fsp3) is 0.226. The third kappa shape index (κ3) is 2.45. The number of benzene rings is 4. The third-order valence-corrected chi connectivity index (χ3v) is 7.91. The first-order valence-electron chi connectivity index (χ1n) is 11.5. The predicted molar refractivity (Wildman–Crippen MR) is 136 cm³/mol. The van der Waals surface area contributed by atoms with Crippen molar-refractivity contribution in [3.8, 4) is 22.3 Å². The summed E-state index contributed by atoms with van der Waals surface area (Å²) in [6, 6.07) is 31.6. The summed E-state index contributed by atoms with van der Waals surface area (Å²) in [6.45, 7) is 9.38. The Morgan fingerprint density at radius 3 is 1.28 bits per heavy atom. The molecule has 4 aromatic rings. The topological polar surface area (TPSA) is 3.24 Å². The maximum absolute atomic E-state index is 2.39. The van der Waals surface area contributed by atoms with Gasteiger partial charge in [-0.2, -0.15) is 0 Å². The van der Waals surface area contributed by atoms with Gasteiger partial charge in [-0.05, 0) is 68.8 Å². The second kappa shape index (κ2) is 6.36. The molecule has 32 heavy (non-hydrogen) atoms. The van der Waals surface area contributed by atoms with Crippen LogP contribution in [0.4, 0.5) is 11.4 Å². The van der Waals surface area contributed by atoms with E-state index in [-0.39, 0.29) is 10.8 Å². The Kier molecular flexibility index (Phi) is 3.85. The molecule has 0 N–H and O–H groups in total. The van der Waals surface area contributed by atoms with Crippen molar-refractivity contribution >= 4 is 11.4 Å². The molecule has 0 aliphatic heterocycles. The van der Waals surface area contributed by atoms with Crippen LogP contribution in [0, 0.1) is 0 Å². The maximum atomic E-state index is 2.39. The summed E-state index contributed by atoms with van der Waals surface area (Å²) in [4.78, 5) is 2.33. The Bertz CT molecular complexity index is 1280. The molecule has 0 fully saturated rings. The van der Waals surface area contributed by atoms with Gasteiger partial charge < -0.3 is 4.90 Å². The second-order valence-corrected chi connectivity index (χ2v) is 10.4. The van der Waals surface area contributed by atoms with Crippen molar-refractivity contribution in [1.82, 2.24) is 0 Å². The monoisotopic (exact) mass is 415 g/mol. The van der Waals surface area contributed by atoms with Crippen LogP contribution in [0.25, 0.3) is 22.3 Å². The second-order valence-electron chi connectivity index (χ2n) is 10.4. The molecule has 0 saturated carbocycles. The Balaban J connectivity index is 1.43. The van der Waals surface area contributed by atoms with E-state index in [9.17, 15) is 0 Å². The van der Waals surface area contributed by atoms with Gasteiger partial charge in [0.05, 0.1) is 0 Å². The Morgan fingerprint density at radius 1 is 0.469 bits per heavy atom. The minimum absolute atomic E-state index is 0.0182. The molecule has 6 rings (SSSR count). The normalized spacial score (nSPS) is 16.2. The van der Waals surface area contributed by atoms with Gasteiger partial charge in [0.1, 0.15) is 0 Å². The van der Waals surface area contributed by atoms with E-state index in [1.54, 1.807) is 0 Å². The lowest BCUT2D eigenvalue weighted by Gasteiger charge is -2.27. The molecule has 1 heteroatoms. The van der Waals surface area contributed by atoms with Gasteiger partial charge in [-0.3, -0.25) is 0 Å². The first-order chi connectivity index (χ1) is 15.3. The van der Waals surface area contributed by atoms with E-state index >= 15 is 0 Å². The third-order valence-electron chi connectivity index (χ3n) is 7.91. The number of fused-ring (bicyclic) bond motifs is 6. The van der Waals surface area contributed by atoms with E-state index in [4.69, 9.17) is 0 Å². The summed E-state index contributed by atoms with van der Waals surface area (Å²) < 4.78 is 0. The van der Waals surface area contributed by atoms with Crippen molar-refractivity contribution in [1.29, 1.82) is 0 Å². The van der Waals surface area contributed by atoms with Gasteiger partial charge in [-0.15, -0.1) is 0 Å². The summed E-state index contributed by atoms with van der Waals surface area (Å²) in [5.41, 5.74) is 13.7. The molecule has 0 bridgehead atoms. The summed E-state index contributed by atoms with van der Waals surface area (Å²) >= 11 is 0. The van der Waals surface area contributed by atoms with Crippen molar-refractivity contribution in [2.75, 3.05) is 11.9 Å². The largest absolute Gasteiger partial charge is 0.345 e. The van der Waals surface area contributed by atoms with Crippen LogP contribution < -0.4 is 4.90 Å². The summed E-state index contributed by atoms with van der Waals surface area (Å²) in [6.07, 6.45) is 0. The van der Waals surface area contributed by atoms with Crippen molar-refractivity contribution in [3.05, 3.63) is 107 Å². The van der Waals surface area contributed by atoms with Crippen LogP contribution in [0.15, 0.2) is 84.9 Å². The fourth-order valence-electron chi connectivity index (χ4n) is 5.95. The lowest BCUT2D eigenvalue weighted by molar-refractivity contribution is 0.660. The highest BCUT2D eigenvalue weighted by Gasteiger charge is 2.37. The standard InChI is InChI=1S/C31H29N/c1-30(2)26-12-8-6-10-22(26)24-16-14-20(18-28(24)30)32(5)21-15-17-25-23-11-7-9-13-27(23)31(3,4)29(25)19-21/h6-19H,1-5H3. The van der Waals surface area contributed by atoms with Crippen molar-refractivity contribution in [3.63, 3.8) is 0 Å². The minimum Gasteiger partial charge on any atom is -0.345 e. The van der Waals surface area contributed by atoms with Crippen LogP contribution in [-0.2, 0) is 10.8 Å². The van der Waals surface area contributed by atoms with Gasteiger partial charge in [-0.1, -0.05) is 88.4 Å². The fourth-order valence-corrected chi connectivity index (χ4v) is 5.95. The van der Waals surface area contributed by atoms with Crippen LogP contribution in [-0.4, -0.2) is 7.05 Å². The highest BCUT2D eigenvalue weighted by molar-refractivity contribution is 5.85. The zero-order valence-corrected chi connectivity index (χ0v) is 19.5. The Hall–Kier alpha value is -3.32. The summed E-state index contributed by atoms with van der Waals surface area (Å²) in [5.74, 6) is 0. The molecule has 4 aromatic carbocycles. The summed E-state index contributed by atoms with van der Waals surface area (Å²) in [5, 5.41) is 0. The molecule has 0 spiro atoms. The van der Waals surface area contributed by atoms with E-state index in [1.165, 1.54) is 55.9 Å². The predicted octanol–water partition coefficient (Wildman–Crippen LogP) is 8.07. The number of anilines is 2. The maximum Gasteiger partial charge on any atom is 0.0411 e. The van der Waals surface area contributed by atoms with E-state index < -0.39 is 0 Å². The Morgan fingerprint density at radius 2 is 0.844 bits per heavy atom. The number of rotatable bonds is 2. The Labute approximate surface area is 191 Å². The van der Waals surface area contributed by atoms with E-state index in [0.29, 0.717) is 0 Å². The summed E-state index contributed by atoms with van der Waals surface area (Å²) in [7, 11) is 2.19. The van der Waals surface area contributed by atoms with Crippen LogP contribution in [0.5, 0.6) is 0 Å². The molecule has 0 radical (unpaired) electrons. The van der Waals surface area contributed by atoms with Crippen molar-refractivity contribution in [2.24, 2.45) is 0 Å². The number of nitrogens with zero attached hydrogens (tertiary/aromatic N) is 1. The molecule has 0 saturated heterocycles. The highest BCUT2D eigenvalue weighted by atomic mass is 15.1. The first-order valence-corrected chi connectivity index (χ1v) is 11.5. The van der Waals surface area contributed by atoms with Crippen LogP contribution >= 0.6 is 0 Å². The van der Waals surface area contributed by atoms with E-state index in [0.717, 1.165) is 0 Å². The quantitative estimate of drug-likeness (QED) is 0.320. The lowest BCUT2D eigenvalue weighted by Crippen LogP contribution is -2.17. The number of hydrogen-bond acceptors (Lipinski definition) is 1. The van der Waals surface area contributed by atoms with Gasteiger partial charge in [0, 0.05) is 29.3 Å². The lowest BCUT2D eigenvalue weighted by atomic mass is 9.82. The molecule has 0 unspecified atom stereocenters. The molecule has 0 heterocycles. The highest BCUT2D eigenvalue weighted by Crippen LogP contribution is 2.51. The van der Waals surface area contributed by atoms with Crippen LogP contribution in [0.3, 0.4) is 0 Å². The van der Waals surface area contributed by atoms with Crippen molar-refractivity contribution < 1.29 is 0 Å². The molecule has 0 aromatic heterocycles. The van der Waals surface area contributed by atoms with E-state index in [2.05, 4.69) is 125 Å². The average molecular weight is 416 g/mol. The van der Waals surface area contributed by atoms with Gasteiger partial charge >= 0.3 is 0 Å². The zero-order chi connectivity index (χ0) is 22.3. The molecule has 2 aliphatic carbocycles. The molecule has 2 aliphatic rings. The average Bonchev–Trinajstić information content (AvgIpc) is 3.18. The van der Waals surface area contributed by atoms with E-state index in [1.807, 2.05) is 0 Å². The van der Waals surface area contributed by atoms with Crippen molar-refractivity contribution in [2.45, 2.75) is 38.5 Å². The van der Waals surface area contributed by atoms with Gasteiger partial charge in [0.25, 0.3) is 0 Å². The smallest absolute Gasteiger partial charge is 0.0411 e. The molecule has 0 atom stereocenters. The number of hydrogen-bond donors (Lipinski definition) is 0. The minimum atomic E-state index is 0.0182. The van der Waals surface area contributed by atoms with Crippen LogP contribution in [0.2, 0.25) is 0 Å². The van der Waals surface area contributed by atoms with Crippen LogP contribution in [0.1, 0.15) is 49.9 Å². The molecular formula is C31H29N. The first kappa shape index (κ1) is 19.4. The van der Waals surface area contributed by atoms with Gasteiger partial charge in [0.15, 0.2) is 0 Å². The molecule has 1 nitrogen and oxygen atoms in total. The zero-order valence-electron chi connectivity index (χ0n) is 19.5.